The van der Waals surface area contributed by atoms with Crippen molar-refractivity contribution in [3.63, 3.8) is 0 Å². The Balaban J connectivity index is 1.79. The maximum Gasteiger partial charge on any atom is 0.0794 e. The molecule has 1 unspecified atom stereocenters. The van der Waals surface area contributed by atoms with Crippen LogP contribution in [-0.2, 0) is 0 Å². The van der Waals surface area contributed by atoms with Gasteiger partial charge in [0, 0.05) is 19.1 Å². The van der Waals surface area contributed by atoms with Crippen molar-refractivity contribution in [2.45, 2.75) is 31.4 Å². The predicted molar refractivity (Wildman–Crippen MR) is 52.7 cm³/mol. The van der Waals surface area contributed by atoms with E-state index in [2.05, 4.69) is 16.8 Å². The quantitative estimate of drug-likeness (QED) is 0.628. The maximum absolute atomic E-state index is 9.22. The predicted octanol–water partition coefficient (Wildman–Crippen LogP) is 0.147. The fraction of sp³-hybridized carbons (Fsp3) is 1.00. The van der Waals surface area contributed by atoms with E-state index < -0.39 is 0 Å². The SMILES string of the molecule is CN1CCCC(N2CC(O)C2)CC1. The minimum atomic E-state index is -0.0408. The highest BCUT2D eigenvalue weighted by atomic mass is 16.3. The third-order valence-corrected chi connectivity index (χ3v) is 3.33. The Morgan fingerprint density at radius 2 is 1.92 bits per heavy atom. The standard InChI is InChI=1S/C10H20N2O/c1-11-5-2-3-9(4-6-11)12-7-10(13)8-12/h9-10,13H,2-8H2,1H3. The van der Waals surface area contributed by atoms with Crippen molar-refractivity contribution in [3.8, 4) is 0 Å². The van der Waals surface area contributed by atoms with Crippen LogP contribution in [0.4, 0.5) is 0 Å². The van der Waals surface area contributed by atoms with Gasteiger partial charge in [0.15, 0.2) is 0 Å². The molecule has 3 heteroatoms. The van der Waals surface area contributed by atoms with Crippen LogP contribution in [0.25, 0.3) is 0 Å². The van der Waals surface area contributed by atoms with Crippen molar-refractivity contribution < 1.29 is 5.11 Å². The van der Waals surface area contributed by atoms with Crippen LogP contribution in [0.1, 0.15) is 19.3 Å². The molecule has 1 N–H and O–H groups in total. The monoisotopic (exact) mass is 184 g/mol. The van der Waals surface area contributed by atoms with Gasteiger partial charge < -0.3 is 10.0 Å². The van der Waals surface area contributed by atoms with Crippen LogP contribution in [0, 0.1) is 0 Å². The molecule has 2 rings (SSSR count). The normalized spacial score (nSPS) is 34.2. The summed E-state index contributed by atoms with van der Waals surface area (Å²) in [5.74, 6) is 0. The van der Waals surface area contributed by atoms with Crippen LogP contribution < -0.4 is 0 Å². The Morgan fingerprint density at radius 3 is 2.62 bits per heavy atom. The van der Waals surface area contributed by atoms with Crippen molar-refractivity contribution in [2.75, 3.05) is 33.2 Å². The van der Waals surface area contributed by atoms with Crippen molar-refractivity contribution in [2.24, 2.45) is 0 Å². The van der Waals surface area contributed by atoms with Gasteiger partial charge in [0.25, 0.3) is 0 Å². The minimum absolute atomic E-state index is 0.0408. The molecule has 0 amide bonds. The van der Waals surface area contributed by atoms with Crippen molar-refractivity contribution in [1.82, 2.24) is 9.80 Å². The molecule has 0 aromatic heterocycles. The molecule has 0 aliphatic carbocycles. The molecule has 0 saturated carbocycles. The highest BCUT2D eigenvalue weighted by Gasteiger charge is 2.31. The molecule has 2 aliphatic heterocycles. The zero-order chi connectivity index (χ0) is 9.26. The number of aliphatic hydroxyl groups excluding tert-OH is 1. The molecule has 0 spiro atoms. The number of aliphatic hydroxyl groups is 1. The second-order valence-corrected chi connectivity index (χ2v) is 4.50. The lowest BCUT2D eigenvalue weighted by Gasteiger charge is -2.41. The fourth-order valence-corrected chi connectivity index (χ4v) is 2.37. The van der Waals surface area contributed by atoms with Gasteiger partial charge >= 0.3 is 0 Å². The zero-order valence-electron chi connectivity index (χ0n) is 8.45. The summed E-state index contributed by atoms with van der Waals surface area (Å²) in [5.41, 5.74) is 0. The molecule has 2 saturated heterocycles. The second kappa shape index (κ2) is 3.95. The average molecular weight is 184 g/mol. The summed E-state index contributed by atoms with van der Waals surface area (Å²) in [5, 5.41) is 9.22. The largest absolute Gasteiger partial charge is 0.390 e. The first kappa shape index (κ1) is 9.44. The molecule has 1 atom stereocenters. The van der Waals surface area contributed by atoms with E-state index in [0.29, 0.717) is 0 Å². The van der Waals surface area contributed by atoms with Crippen LogP contribution >= 0.6 is 0 Å². The number of hydrogen-bond acceptors (Lipinski definition) is 3. The molecule has 0 aromatic carbocycles. The van der Waals surface area contributed by atoms with Crippen LogP contribution in [0.2, 0.25) is 0 Å². The third kappa shape index (κ3) is 2.22. The molecule has 0 bridgehead atoms. The molecule has 2 fully saturated rings. The van der Waals surface area contributed by atoms with E-state index in [9.17, 15) is 5.11 Å². The van der Waals surface area contributed by atoms with Gasteiger partial charge in [-0.1, -0.05) is 0 Å². The summed E-state index contributed by atoms with van der Waals surface area (Å²) in [6.07, 6.45) is 3.87. The maximum atomic E-state index is 9.22. The van der Waals surface area contributed by atoms with E-state index in [0.717, 1.165) is 19.1 Å². The van der Waals surface area contributed by atoms with E-state index in [1.807, 2.05) is 0 Å². The molecule has 0 radical (unpaired) electrons. The molecule has 2 heterocycles. The smallest absolute Gasteiger partial charge is 0.0794 e. The number of likely N-dealkylation sites (tertiary alicyclic amines) is 2. The lowest BCUT2D eigenvalue weighted by atomic mass is 10.0. The lowest BCUT2D eigenvalue weighted by molar-refractivity contribution is -0.0278. The first-order valence-corrected chi connectivity index (χ1v) is 5.36. The Kier molecular flexibility index (Phi) is 2.86. The van der Waals surface area contributed by atoms with Gasteiger partial charge in [-0.2, -0.15) is 0 Å². The highest BCUT2D eigenvalue weighted by molar-refractivity contribution is 4.86. The molecule has 76 valence electrons. The van der Waals surface area contributed by atoms with Gasteiger partial charge in [0.1, 0.15) is 0 Å². The van der Waals surface area contributed by atoms with E-state index in [1.54, 1.807) is 0 Å². The lowest BCUT2D eigenvalue weighted by Crippen LogP contribution is -2.55. The first-order chi connectivity index (χ1) is 6.25. The summed E-state index contributed by atoms with van der Waals surface area (Å²) < 4.78 is 0. The van der Waals surface area contributed by atoms with Crippen LogP contribution in [0.5, 0.6) is 0 Å². The van der Waals surface area contributed by atoms with E-state index in [-0.39, 0.29) is 6.10 Å². The number of rotatable bonds is 1. The fourth-order valence-electron chi connectivity index (χ4n) is 2.37. The first-order valence-electron chi connectivity index (χ1n) is 5.36. The second-order valence-electron chi connectivity index (χ2n) is 4.50. The zero-order valence-corrected chi connectivity index (χ0v) is 8.45. The van der Waals surface area contributed by atoms with Gasteiger partial charge in [-0.25, -0.2) is 0 Å². The summed E-state index contributed by atoms with van der Waals surface area (Å²) in [7, 11) is 2.20. The Bertz CT molecular complexity index is 168. The molecular formula is C10H20N2O. The van der Waals surface area contributed by atoms with E-state index in [1.165, 1.54) is 32.4 Å². The van der Waals surface area contributed by atoms with Crippen molar-refractivity contribution >= 4 is 0 Å². The van der Waals surface area contributed by atoms with Crippen LogP contribution in [0.15, 0.2) is 0 Å². The summed E-state index contributed by atoms with van der Waals surface area (Å²) in [6, 6.07) is 0.744. The van der Waals surface area contributed by atoms with Crippen LogP contribution in [0.3, 0.4) is 0 Å². The number of nitrogens with zero attached hydrogens (tertiary/aromatic N) is 2. The van der Waals surface area contributed by atoms with Gasteiger partial charge in [0.2, 0.25) is 0 Å². The minimum Gasteiger partial charge on any atom is -0.390 e. The highest BCUT2D eigenvalue weighted by Crippen LogP contribution is 2.21. The molecule has 0 aromatic rings. The molecule has 3 nitrogen and oxygen atoms in total. The van der Waals surface area contributed by atoms with Gasteiger partial charge in [0.05, 0.1) is 6.10 Å². The topological polar surface area (TPSA) is 26.7 Å². The number of β-amino-alcohol motifs (C(OH)–C–C–N with tert-alkyl or cyclic N) is 1. The summed E-state index contributed by atoms with van der Waals surface area (Å²) in [6.45, 7) is 4.28. The van der Waals surface area contributed by atoms with Crippen molar-refractivity contribution in [1.29, 1.82) is 0 Å². The van der Waals surface area contributed by atoms with Gasteiger partial charge in [-0.3, -0.25) is 4.90 Å². The summed E-state index contributed by atoms with van der Waals surface area (Å²) in [4.78, 5) is 4.85. The van der Waals surface area contributed by atoms with Gasteiger partial charge in [-0.15, -0.1) is 0 Å². The van der Waals surface area contributed by atoms with E-state index in [4.69, 9.17) is 0 Å². The molecule has 2 aliphatic rings. The van der Waals surface area contributed by atoms with Gasteiger partial charge in [-0.05, 0) is 39.4 Å². The number of hydrogen-bond donors (Lipinski definition) is 1. The Labute approximate surface area is 80.3 Å². The third-order valence-electron chi connectivity index (χ3n) is 3.33. The van der Waals surface area contributed by atoms with Crippen molar-refractivity contribution in [3.05, 3.63) is 0 Å². The Morgan fingerprint density at radius 1 is 1.15 bits per heavy atom. The molecule has 13 heavy (non-hydrogen) atoms. The van der Waals surface area contributed by atoms with E-state index >= 15 is 0 Å². The Hall–Kier alpha value is -0.120. The average Bonchev–Trinajstić information content (AvgIpc) is 2.25. The molecular weight excluding hydrogens is 164 g/mol. The summed E-state index contributed by atoms with van der Waals surface area (Å²) >= 11 is 0. The van der Waals surface area contributed by atoms with Crippen LogP contribution in [-0.4, -0.2) is 60.3 Å².